The zero-order chi connectivity index (χ0) is 32.3. The summed E-state index contributed by atoms with van der Waals surface area (Å²) < 4.78 is 18.5. The summed E-state index contributed by atoms with van der Waals surface area (Å²) in [7, 11) is 2.14. The number of fused-ring (bicyclic) bond motifs is 7. The Morgan fingerprint density at radius 2 is 1.47 bits per heavy atom. The molecule has 0 radical (unpaired) electrons. The molecule has 0 amide bonds. The fraction of sp³-hybridized carbons (Fsp3) is 0.341. The molecule has 1 spiro atoms. The van der Waals surface area contributed by atoms with Crippen LogP contribution in [0.25, 0.3) is 21.5 Å². The predicted molar refractivity (Wildman–Crippen MR) is 197 cm³/mol. The largest absolute Gasteiger partial charge is 0.344 e. The van der Waals surface area contributed by atoms with Gasteiger partial charge in [0.1, 0.15) is 12.9 Å². The van der Waals surface area contributed by atoms with Gasteiger partial charge in [0.15, 0.2) is 5.71 Å². The van der Waals surface area contributed by atoms with Crippen LogP contribution >= 0.6 is 0 Å². The predicted octanol–water partition coefficient (Wildman–Crippen LogP) is 11.5. The Bertz CT molecular complexity index is 2080. The number of halogens is 1. The maximum atomic E-state index is 16.2. The molecule has 0 N–H and O–H groups in total. The first-order chi connectivity index (χ1) is 22.8. The number of allylic oxidation sites excluding steroid dienone is 8. The molecule has 4 aromatic rings. The molecule has 2 heterocycles. The van der Waals surface area contributed by atoms with E-state index in [-0.39, 0.29) is 16.7 Å². The molecule has 4 aliphatic rings. The van der Waals surface area contributed by atoms with Crippen molar-refractivity contribution in [1.29, 1.82) is 0 Å². The van der Waals surface area contributed by atoms with Crippen molar-refractivity contribution < 1.29 is 8.97 Å². The highest BCUT2D eigenvalue weighted by Gasteiger charge is 2.48. The van der Waals surface area contributed by atoms with Crippen molar-refractivity contribution in [2.24, 2.45) is 0 Å². The number of hydrogen-bond acceptors (Lipinski definition) is 1. The van der Waals surface area contributed by atoms with Crippen molar-refractivity contribution in [2.75, 3.05) is 18.5 Å². The highest BCUT2D eigenvalue weighted by molar-refractivity contribution is 6.07. The number of nitrogens with zero attached hydrogens (tertiary/aromatic N) is 2. The van der Waals surface area contributed by atoms with Crippen molar-refractivity contribution >= 4 is 38.6 Å². The lowest BCUT2D eigenvalue weighted by molar-refractivity contribution is -0.401. The summed E-state index contributed by atoms with van der Waals surface area (Å²) >= 11 is 0. The minimum absolute atomic E-state index is 0.00331. The number of rotatable bonds is 5. The van der Waals surface area contributed by atoms with Crippen LogP contribution < -0.4 is 4.90 Å². The molecule has 0 aromatic heterocycles. The van der Waals surface area contributed by atoms with Crippen LogP contribution in [0.1, 0.15) is 83.3 Å². The molecule has 2 nitrogen and oxygen atoms in total. The molecule has 2 aliphatic heterocycles. The van der Waals surface area contributed by atoms with Crippen LogP contribution in [0.5, 0.6) is 0 Å². The first-order valence-electron chi connectivity index (χ1n) is 17.8. The zero-order valence-electron chi connectivity index (χ0n) is 28.4. The first kappa shape index (κ1) is 30.1. The molecule has 1 saturated carbocycles. The average molecular weight is 622 g/mol. The van der Waals surface area contributed by atoms with Crippen LogP contribution in [0.3, 0.4) is 0 Å². The lowest BCUT2D eigenvalue weighted by Gasteiger charge is -2.37. The summed E-state index contributed by atoms with van der Waals surface area (Å²) in [5.74, 6) is -0.0409. The van der Waals surface area contributed by atoms with E-state index in [2.05, 4.69) is 134 Å². The highest BCUT2D eigenvalue weighted by atomic mass is 19.1. The quantitative estimate of drug-likeness (QED) is 0.201. The fourth-order valence-corrected chi connectivity index (χ4v) is 9.44. The van der Waals surface area contributed by atoms with Crippen molar-refractivity contribution in [3.8, 4) is 0 Å². The Labute approximate surface area is 279 Å². The van der Waals surface area contributed by atoms with E-state index in [1.54, 1.807) is 0 Å². The van der Waals surface area contributed by atoms with E-state index in [1.165, 1.54) is 74.7 Å². The van der Waals surface area contributed by atoms with E-state index < -0.39 is 0 Å². The van der Waals surface area contributed by atoms with Gasteiger partial charge in [0.25, 0.3) is 0 Å². The monoisotopic (exact) mass is 621 g/mol. The molecule has 0 bridgehead atoms. The Hall–Kier alpha value is -4.24. The van der Waals surface area contributed by atoms with E-state index >= 15 is 4.39 Å². The minimum atomic E-state index is -0.182. The number of benzene rings is 4. The molecular weight excluding hydrogens is 575 g/mol. The van der Waals surface area contributed by atoms with Crippen molar-refractivity contribution in [3.63, 3.8) is 0 Å². The molecule has 3 heteroatoms. The average Bonchev–Trinajstić information content (AvgIpc) is 3.63. The molecule has 0 atom stereocenters. The van der Waals surface area contributed by atoms with Gasteiger partial charge in [0, 0.05) is 41.1 Å². The van der Waals surface area contributed by atoms with Crippen LogP contribution in [0.2, 0.25) is 0 Å². The molecule has 47 heavy (non-hydrogen) atoms. The maximum absolute atomic E-state index is 16.2. The normalized spacial score (nSPS) is 21.9. The SMILES string of the molecule is CCCN1/C(=C/C=C2\CCC(/C=C/C3=[N+](C)c4ccc5ccccc5c4C3(C)C)=C2F)C2(CCCCC2)c2c1ccc1ccccc21. The highest BCUT2D eigenvalue weighted by Crippen LogP contribution is 2.57. The third-order valence-electron chi connectivity index (χ3n) is 11.6. The third-order valence-corrected chi connectivity index (χ3v) is 11.6. The maximum Gasteiger partial charge on any atom is 0.210 e. The van der Waals surface area contributed by atoms with Crippen molar-refractivity contribution in [3.05, 3.63) is 131 Å². The van der Waals surface area contributed by atoms with Crippen LogP contribution in [0.15, 0.2) is 120 Å². The number of hydrogen-bond donors (Lipinski definition) is 0. The Morgan fingerprint density at radius 1 is 0.787 bits per heavy atom. The molecular formula is C44H46FN2+. The minimum Gasteiger partial charge on any atom is -0.344 e. The molecule has 2 aliphatic carbocycles. The van der Waals surface area contributed by atoms with Gasteiger partial charge in [-0.1, -0.05) is 86.9 Å². The molecule has 4 aromatic carbocycles. The van der Waals surface area contributed by atoms with Gasteiger partial charge in [-0.15, -0.1) is 0 Å². The first-order valence-corrected chi connectivity index (χ1v) is 17.8. The zero-order valence-corrected chi connectivity index (χ0v) is 28.4. The van der Waals surface area contributed by atoms with Crippen LogP contribution in [0, 0.1) is 0 Å². The van der Waals surface area contributed by atoms with Gasteiger partial charge >= 0.3 is 0 Å². The van der Waals surface area contributed by atoms with Crippen LogP contribution in [0.4, 0.5) is 15.8 Å². The molecule has 238 valence electrons. The van der Waals surface area contributed by atoms with E-state index in [0.717, 1.165) is 49.8 Å². The van der Waals surface area contributed by atoms with E-state index in [1.807, 2.05) is 0 Å². The Morgan fingerprint density at radius 3 is 2.19 bits per heavy atom. The van der Waals surface area contributed by atoms with Gasteiger partial charge in [-0.25, -0.2) is 4.39 Å². The second-order valence-electron chi connectivity index (χ2n) is 14.6. The summed E-state index contributed by atoms with van der Waals surface area (Å²) in [6, 6.07) is 26.6. The van der Waals surface area contributed by atoms with Crippen molar-refractivity contribution in [2.45, 2.75) is 83.0 Å². The van der Waals surface area contributed by atoms with Gasteiger partial charge in [-0.05, 0) is 108 Å². The Kier molecular flexibility index (Phi) is 7.35. The smallest absolute Gasteiger partial charge is 0.210 e. The molecule has 0 unspecified atom stereocenters. The van der Waals surface area contributed by atoms with E-state index in [9.17, 15) is 0 Å². The van der Waals surface area contributed by atoms with Gasteiger partial charge in [-0.2, -0.15) is 4.58 Å². The van der Waals surface area contributed by atoms with Gasteiger partial charge in [-0.3, -0.25) is 0 Å². The summed E-state index contributed by atoms with van der Waals surface area (Å²) in [5.41, 5.74) is 9.49. The summed E-state index contributed by atoms with van der Waals surface area (Å²) in [4.78, 5) is 2.57. The summed E-state index contributed by atoms with van der Waals surface area (Å²) in [6.45, 7) is 7.84. The lowest BCUT2D eigenvalue weighted by Crippen LogP contribution is -2.33. The summed E-state index contributed by atoms with van der Waals surface area (Å²) in [6.07, 6.45) is 17.3. The summed E-state index contributed by atoms with van der Waals surface area (Å²) in [5, 5.41) is 5.26. The standard InChI is InChI=1S/C44H46FN2/c1-5-29-47-37-24-20-31-14-8-10-16-35(31)41(37)44(27-11-6-12-28-44)39(47)26-22-33-18-17-32(42(33)45)21-25-38-43(2,3)40-34-15-9-7-13-30(34)19-23-36(40)46(38)4/h7-10,13-16,19-26H,5-6,11-12,17-18,27-29H2,1-4H3/q+1. The third kappa shape index (κ3) is 4.60. The second kappa shape index (κ2) is 11.5. The van der Waals surface area contributed by atoms with Gasteiger partial charge in [0.05, 0.1) is 5.41 Å². The van der Waals surface area contributed by atoms with Crippen LogP contribution in [-0.4, -0.2) is 23.9 Å². The van der Waals surface area contributed by atoms with E-state index in [4.69, 9.17) is 0 Å². The lowest BCUT2D eigenvalue weighted by atomic mass is 9.67. The number of anilines is 1. The molecule has 8 rings (SSSR count). The van der Waals surface area contributed by atoms with Crippen molar-refractivity contribution in [1.82, 2.24) is 0 Å². The second-order valence-corrected chi connectivity index (χ2v) is 14.6. The molecule has 0 saturated heterocycles. The topological polar surface area (TPSA) is 6.25 Å². The Balaban J connectivity index is 1.15. The van der Waals surface area contributed by atoms with Gasteiger partial charge in [0.2, 0.25) is 5.69 Å². The molecule has 1 fully saturated rings. The fourth-order valence-electron chi connectivity index (χ4n) is 9.44. The van der Waals surface area contributed by atoms with E-state index in [0.29, 0.717) is 0 Å². The van der Waals surface area contributed by atoms with Gasteiger partial charge < -0.3 is 4.90 Å². The van der Waals surface area contributed by atoms with Crippen LogP contribution in [-0.2, 0) is 10.8 Å².